The minimum Gasteiger partial charge on any atom is -0.212 e. The van der Waals surface area contributed by atoms with Crippen molar-refractivity contribution in [1.29, 1.82) is 0 Å². The fraction of sp³-hybridized carbons (Fsp3) is 1.00. The monoisotopic (exact) mass is 221 g/mol. The maximum Gasteiger partial charge on any atom is 0.212 e. The quantitative estimate of drug-likeness (QED) is 0.793. The number of rotatable bonds is 3. The Balaban J connectivity index is 4.25. The highest BCUT2D eigenvalue weighted by Crippen LogP contribution is 2.19. The first-order chi connectivity index (χ1) is 5.91. The minimum atomic E-state index is -3.12. The summed E-state index contributed by atoms with van der Waals surface area (Å²) >= 11 is 0. The van der Waals surface area contributed by atoms with Crippen molar-refractivity contribution >= 4 is 10.0 Å². The maximum atomic E-state index is 11.6. The van der Waals surface area contributed by atoms with Crippen LogP contribution in [-0.2, 0) is 10.0 Å². The van der Waals surface area contributed by atoms with Crippen LogP contribution >= 0.6 is 0 Å². The van der Waals surface area contributed by atoms with Gasteiger partial charge in [0.2, 0.25) is 10.0 Å². The molecule has 0 aromatic carbocycles. The van der Waals surface area contributed by atoms with Crippen molar-refractivity contribution in [2.45, 2.75) is 53.5 Å². The summed E-state index contributed by atoms with van der Waals surface area (Å²) in [5.74, 6) is 0.202. The lowest BCUT2D eigenvalue weighted by Crippen LogP contribution is -2.42. The largest absolute Gasteiger partial charge is 0.212 e. The predicted molar refractivity (Wildman–Crippen MR) is 60.7 cm³/mol. The molecule has 0 fully saturated rings. The molecule has 0 saturated carbocycles. The zero-order valence-electron chi connectivity index (χ0n) is 10.1. The average Bonchev–Trinajstić information content (AvgIpc) is 1.76. The van der Waals surface area contributed by atoms with Gasteiger partial charge in [0.05, 0.1) is 5.75 Å². The molecule has 0 aromatic heterocycles. The van der Waals surface area contributed by atoms with Crippen LogP contribution in [0, 0.1) is 5.41 Å². The molecule has 0 aliphatic carbocycles. The van der Waals surface area contributed by atoms with Gasteiger partial charge >= 0.3 is 0 Å². The first-order valence-corrected chi connectivity index (χ1v) is 6.58. The van der Waals surface area contributed by atoms with E-state index in [4.69, 9.17) is 0 Å². The van der Waals surface area contributed by atoms with E-state index < -0.39 is 10.0 Å². The fourth-order valence-electron chi connectivity index (χ4n) is 0.958. The van der Waals surface area contributed by atoms with Gasteiger partial charge in [-0.25, -0.2) is 13.1 Å². The molecule has 0 bridgehead atoms. The topological polar surface area (TPSA) is 46.2 Å². The third-order valence-electron chi connectivity index (χ3n) is 1.58. The van der Waals surface area contributed by atoms with Crippen LogP contribution in [0.5, 0.6) is 0 Å². The number of hydrogen-bond donors (Lipinski definition) is 1. The number of hydrogen-bond acceptors (Lipinski definition) is 2. The summed E-state index contributed by atoms with van der Waals surface area (Å²) in [5, 5.41) is 0. The summed E-state index contributed by atoms with van der Waals surface area (Å²) in [6.07, 6.45) is 0.679. The molecular weight excluding hydrogens is 198 g/mol. The molecule has 0 aromatic rings. The van der Waals surface area contributed by atoms with Gasteiger partial charge in [-0.05, 0) is 32.6 Å². The Bertz CT molecular complexity index is 267. The Hall–Kier alpha value is -0.0900. The Labute approximate surface area is 88.3 Å². The zero-order chi connectivity index (χ0) is 11.6. The molecule has 3 nitrogen and oxygen atoms in total. The van der Waals surface area contributed by atoms with Crippen molar-refractivity contribution in [2.75, 3.05) is 5.75 Å². The van der Waals surface area contributed by atoms with E-state index in [1.54, 1.807) is 0 Å². The van der Waals surface area contributed by atoms with Gasteiger partial charge in [-0.1, -0.05) is 20.8 Å². The minimum absolute atomic E-state index is 0.0621. The summed E-state index contributed by atoms with van der Waals surface area (Å²) in [6.45, 7) is 11.7. The number of nitrogens with one attached hydrogen (secondary N) is 1. The molecule has 4 heteroatoms. The second-order valence-corrected chi connectivity index (χ2v) is 7.82. The molecule has 0 aliphatic heterocycles. The van der Waals surface area contributed by atoms with Gasteiger partial charge in [0.1, 0.15) is 0 Å². The van der Waals surface area contributed by atoms with Crippen LogP contribution in [0.3, 0.4) is 0 Å². The molecule has 1 N–H and O–H groups in total. The molecule has 86 valence electrons. The van der Waals surface area contributed by atoms with E-state index in [9.17, 15) is 8.42 Å². The molecule has 0 unspecified atom stereocenters. The van der Waals surface area contributed by atoms with E-state index >= 15 is 0 Å². The lowest BCUT2D eigenvalue weighted by Gasteiger charge is -2.23. The maximum absolute atomic E-state index is 11.6. The van der Waals surface area contributed by atoms with Crippen molar-refractivity contribution in [2.24, 2.45) is 5.41 Å². The lowest BCUT2D eigenvalue weighted by molar-refractivity contribution is 0.394. The summed E-state index contributed by atoms with van der Waals surface area (Å²) in [5.41, 5.74) is -0.316. The van der Waals surface area contributed by atoms with E-state index in [1.165, 1.54) is 0 Å². The molecule has 0 radical (unpaired) electrons. The van der Waals surface area contributed by atoms with Crippen LogP contribution in [0.25, 0.3) is 0 Å². The van der Waals surface area contributed by atoms with E-state index in [-0.39, 0.29) is 16.7 Å². The fourth-order valence-corrected chi connectivity index (χ4v) is 2.87. The van der Waals surface area contributed by atoms with Crippen molar-refractivity contribution in [1.82, 2.24) is 4.72 Å². The lowest BCUT2D eigenvalue weighted by atomic mass is 9.94. The Morgan fingerprint density at radius 2 is 1.43 bits per heavy atom. The van der Waals surface area contributed by atoms with Crippen molar-refractivity contribution < 1.29 is 8.42 Å². The molecule has 0 atom stereocenters. The molecule has 0 rings (SSSR count). The van der Waals surface area contributed by atoms with E-state index in [2.05, 4.69) is 4.72 Å². The molecule has 14 heavy (non-hydrogen) atoms. The van der Waals surface area contributed by atoms with Crippen molar-refractivity contribution in [3.8, 4) is 0 Å². The zero-order valence-corrected chi connectivity index (χ0v) is 11.0. The van der Waals surface area contributed by atoms with Gasteiger partial charge in [-0.2, -0.15) is 0 Å². The van der Waals surface area contributed by atoms with Gasteiger partial charge in [0.25, 0.3) is 0 Å². The van der Waals surface area contributed by atoms with E-state index in [1.807, 2.05) is 41.5 Å². The van der Waals surface area contributed by atoms with Gasteiger partial charge in [-0.15, -0.1) is 0 Å². The van der Waals surface area contributed by atoms with Crippen LogP contribution < -0.4 is 4.72 Å². The summed E-state index contributed by atoms with van der Waals surface area (Å²) in [6, 6.07) is 0. The van der Waals surface area contributed by atoms with Gasteiger partial charge in [0, 0.05) is 5.54 Å². The molecule has 0 aliphatic rings. The third-order valence-corrected chi connectivity index (χ3v) is 3.25. The third kappa shape index (κ3) is 8.51. The average molecular weight is 221 g/mol. The standard InChI is InChI=1S/C10H23NO2S/c1-9(2,3)7-8-14(12,13)11-10(4,5)6/h11H,7-8H2,1-6H3. The highest BCUT2D eigenvalue weighted by Gasteiger charge is 2.22. The molecule has 0 heterocycles. The highest BCUT2D eigenvalue weighted by molar-refractivity contribution is 7.89. The Morgan fingerprint density at radius 3 is 1.71 bits per heavy atom. The van der Waals surface area contributed by atoms with Crippen molar-refractivity contribution in [3.05, 3.63) is 0 Å². The summed E-state index contributed by atoms with van der Waals surface area (Å²) in [7, 11) is -3.12. The summed E-state index contributed by atoms with van der Waals surface area (Å²) in [4.78, 5) is 0. The second kappa shape index (κ2) is 4.19. The van der Waals surface area contributed by atoms with Gasteiger partial charge in [-0.3, -0.25) is 0 Å². The predicted octanol–water partition coefficient (Wildman–Crippen LogP) is 2.14. The highest BCUT2D eigenvalue weighted by atomic mass is 32.2. The van der Waals surface area contributed by atoms with Gasteiger partial charge < -0.3 is 0 Å². The molecule has 0 spiro atoms. The van der Waals surface area contributed by atoms with Crippen LogP contribution in [-0.4, -0.2) is 19.7 Å². The second-order valence-electron chi connectivity index (χ2n) is 5.98. The first kappa shape index (κ1) is 13.9. The molecule has 0 saturated heterocycles. The normalized spacial score (nSPS) is 14.4. The SMILES string of the molecule is CC(C)(C)CCS(=O)(=O)NC(C)(C)C. The van der Waals surface area contributed by atoms with Crippen LogP contribution in [0.1, 0.15) is 48.0 Å². The summed E-state index contributed by atoms with van der Waals surface area (Å²) < 4.78 is 25.8. The first-order valence-electron chi connectivity index (χ1n) is 4.93. The van der Waals surface area contributed by atoms with Crippen LogP contribution in [0.4, 0.5) is 0 Å². The van der Waals surface area contributed by atoms with Crippen LogP contribution in [0.15, 0.2) is 0 Å². The number of sulfonamides is 1. The van der Waals surface area contributed by atoms with Crippen molar-refractivity contribution in [3.63, 3.8) is 0 Å². The van der Waals surface area contributed by atoms with Crippen LogP contribution in [0.2, 0.25) is 0 Å². The van der Waals surface area contributed by atoms with E-state index in [0.29, 0.717) is 6.42 Å². The molecule has 0 amide bonds. The Kier molecular flexibility index (Phi) is 4.16. The smallest absolute Gasteiger partial charge is 0.212 e. The van der Waals surface area contributed by atoms with Gasteiger partial charge in [0.15, 0.2) is 0 Å². The van der Waals surface area contributed by atoms with E-state index in [0.717, 1.165) is 0 Å². The Morgan fingerprint density at radius 1 is 1.00 bits per heavy atom. The molecular formula is C10H23NO2S.